The van der Waals surface area contributed by atoms with Gasteiger partial charge in [0, 0.05) is 4.88 Å². The minimum Gasteiger partial charge on any atom is -0.147 e. The predicted octanol–water partition coefficient (Wildman–Crippen LogP) is 5.98. The highest BCUT2D eigenvalue weighted by atomic mass is 35.5. The van der Waals surface area contributed by atoms with E-state index >= 15 is 0 Å². The van der Waals surface area contributed by atoms with Gasteiger partial charge in [-0.3, -0.25) is 0 Å². The average molecular weight is 313 g/mol. The molecule has 3 aromatic rings. The Morgan fingerprint density at radius 3 is 2.19 bits per heavy atom. The van der Waals surface area contributed by atoms with Gasteiger partial charge in [0.05, 0.1) is 5.38 Å². The summed E-state index contributed by atoms with van der Waals surface area (Å²) in [5, 5.41) is 2.06. The average Bonchev–Trinajstić information content (AvgIpc) is 2.94. The summed E-state index contributed by atoms with van der Waals surface area (Å²) in [6.07, 6.45) is 0.964. The number of hydrogen-bond donors (Lipinski definition) is 0. The first-order valence-corrected chi connectivity index (χ1v) is 8.36. The third-order valence-electron chi connectivity index (χ3n) is 3.66. The van der Waals surface area contributed by atoms with E-state index in [0.717, 1.165) is 6.42 Å². The zero-order valence-electron chi connectivity index (χ0n) is 11.9. The van der Waals surface area contributed by atoms with E-state index in [1.54, 1.807) is 11.3 Å². The maximum Gasteiger partial charge on any atom is 0.0930 e. The number of hydrogen-bond acceptors (Lipinski definition) is 1. The van der Waals surface area contributed by atoms with Gasteiger partial charge in [0.2, 0.25) is 0 Å². The molecule has 2 aromatic carbocycles. The van der Waals surface area contributed by atoms with E-state index in [4.69, 9.17) is 11.6 Å². The SMILES string of the molecule is Cc1ccsc1C(Cl)c1ccc(Cc2ccccc2)cc1. The second kappa shape index (κ2) is 6.46. The van der Waals surface area contributed by atoms with Crippen molar-refractivity contribution in [1.82, 2.24) is 0 Å². The molecule has 21 heavy (non-hydrogen) atoms. The molecular formula is C19H17ClS. The number of rotatable bonds is 4. The summed E-state index contributed by atoms with van der Waals surface area (Å²) in [6.45, 7) is 2.12. The standard InChI is InChI=1S/C19H17ClS/c1-14-11-12-21-19(14)18(20)17-9-7-16(8-10-17)13-15-5-3-2-4-6-15/h2-12,18H,13H2,1H3. The molecule has 0 saturated carbocycles. The van der Waals surface area contributed by atoms with Crippen LogP contribution in [0.2, 0.25) is 0 Å². The Bertz CT molecular complexity index is 698. The summed E-state index contributed by atoms with van der Waals surface area (Å²) < 4.78 is 0. The van der Waals surface area contributed by atoms with Gasteiger partial charge in [-0.15, -0.1) is 22.9 Å². The minimum atomic E-state index is -0.0456. The second-order valence-corrected chi connectivity index (χ2v) is 6.62. The first-order chi connectivity index (χ1) is 10.2. The molecule has 1 heterocycles. The maximum atomic E-state index is 6.60. The third-order valence-corrected chi connectivity index (χ3v) is 5.34. The molecule has 0 nitrogen and oxygen atoms in total. The van der Waals surface area contributed by atoms with E-state index in [9.17, 15) is 0 Å². The number of aryl methyl sites for hydroxylation is 1. The lowest BCUT2D eigenvalue weighted by molar-refractivity contribution is 1.13. The molecule has 0 N–H and O–H groups in total. The molecule has 0 aliphatic rings. The van der Waals surface area contributed by atoms with Gasteiger partial charge in [0.1, 0.15) is 0 Å². The van der Waals surface area contributed by atoms with Crippen molar-refractivity contribution < 1.29 is 0 Å². The summed E-state index contributed by atoms with van der Waals surface area (Å²) in [4.78, 5) is 1.24. The van der Waals surface area contributed by atoms with Crippen molar-refractivity contribution >= 4 is 22.9 Å². The van der Waals surface area contributed by atoms with Crippen LogP contribution >= 0.6 is 22.9 Å². The minimum absolute atomic E-state index is 0.0456. The summed E-state index contributed by atoms with van der Waals surface area (Å²) >= 11 is 8.33. The second-order valence-electron chi connectivity index (χ2n) is 5.23. The molecule has 0 aliphatic carbocycles. The Kier molecular flexibility index (Phi) is 4.42. The first kappa shape index (κ1) is 14.4. The van der Waals surface area contributed by atoms with Crippen molar-refractivity contribution in [3.63, 3.8) is 0 Å². The highest BCUT2D eigenvalue weighted by Crippen LogP contribution is 2.34. The molecule has 3 rings (SSSR count). The molecule has 0 fully saturated rings. The van der Waals surface area contributed by atoms with E-state index in [0.29, 0.717) is 0 Å². The summed E-state index contributed by atoms with van der Waals surface area (Å²) in [6, 6.07) is 21.3. The smallest absolute Gasteiger partial charge is 0.0930 e. The molecule has 0 radical (unpaired) electrons. The molecule has 0 spiro atoms. The van der Waals surface area contributed by atoms with Gasteiger partial charge in [-0.25, -0.2) is 0 Å². The fourth-order valence-electron chi connectivity index (χ4n) is 2.43. The first-order valence-electron chi connectivity index (χ1n) is 7.05. The van der Waals surface area contributed by atoms with Gasteiger partial charge in [0.15, 0.2) is 0 Å². The molecule has 1 aromatic heterocycles. The number of thiophene rings is 1. The Balaban J connectivity index is 1.77. The Morgan fingerprint density at radius 2 is 1.57 bits per heavy atom. The lowest BCUT2D eigenvalue weighted by atomic mass is 10.0. The highest BCUT2D eigenvalue weighted by Gasteiger charge is 2.14. The van der Waals surface area contributed by atoms with E-state index < -0.39 is 0 Å². The van der Waals surface area contributed by atoms with Gasteiger partial charge in [-0.1, -0.05) is 54.6 Å². The number of benzene rings is 2. The summed E-state index contributed by atoms with van der Waals surface area (Å²) in [5.74, 6) is 0. The van der Waals surface area contributed by atoms with E-state index in [1.807, 2.05) is 6.07 Å². The van der Waals surface area contributed by atoms with Crippen molar-refractivity contribution in [2.75, 3.05) is 0 Å². The lowest BCUT2D eigenvalue weighted by Crippen LogP contribution is -1.94. The van der Waals surface area contributed by atoms with E-state index in [2.05, 4.69) is 66.9 Å². The zero-order chi connectivity index (χ0) is 14.7. The zero-order valence-corrected chi connectivity index (χ0v) is 13.5. The van der Waals surface area contributed by atoms with Gasteiger partial charge < -0.3 is 0 Å². The van der Waals surface area contributed by atoms with Crippen LogP contribution in [0.25, 0.3) is 0 Å². The van der Waals surface area contributed by atoms with Crippen LogP contribution in [0, 0.1) is 6.92 Å². The Hall–Kier alpha value is -1.57. The van der Waals surface area contributed by atoms with Gasteiger partial charge in [0.25, 0.3) is 0 Å². The Morgan fingerprint density at radius 1 is 0.905 bits per heavy atom. The van der Waals surface area contributed by atoms with Crippen LogP contribution in [0.5, 0.6) is 0 Å². The van der Waals surface area contributed by atoms with Crippen LogP contribution in [-0.4, -0.2) is 0 Å². The van der Waals surface area contributed by atoms with E-state index in [-0.39, 0.29) is 5.38 Å². The van der Waals surface area contributed by atoms with Crippen LogP contribution in [0.3, 0.4) is 0 Å². The van der Waals surface area contributed by atoms with E-state index in [1.165, 1.54) is 27.1 Å². The highest BCUT2D eigenvalue weighted by molar-refractivity contribution is 7.10. The van der Waals surface area contributed by atoms with Crippen molar-refractivity contribution in [2.45, 2.75) is 18.7 Å². The number of halogens is 1. The molecule has 106 valence electrons. The topological polar surface area (TPSA) is 0 Å². The third kappa shape index (κ3) is 3.37. The predicted molar refractivity (Wildman–Crippen MR) is 92.4 cm³/mol. The monoisotopic (exact) mass is 312 g/mol. The van der Waals surface area contributed by atoms with Crippen LogP contribution < -0.4 is 0 Å². The van der Waals surface area contributed by atoms with Crippen molar-refractivity contribution in [2.24, 2.45) is 0 Å². The molecule has 2 heteroatoms. The largest absolute Gasteiger partial charge is 0.147 e. The number of alkyl halides is 1. The van der Waals surface area contributed by atoms with Crippen molar-refractivity contribution in [3.8, 4) is 0 Å². The molecule has 1 unspecified atom stereocenters. The van der Waals surface area contributed by atoms with Crippen molar-refractivity contribution in [3.05, 3.63) is 93.2 Å². The Labute approximate surface area is 135 Å². The fourth-order valence-corrected chi connectivity index (χ4v) is 3.83. The van der Waals surface area contributed by atoms with Crippen LogP contribution in [0.15, 0.2) is 66.0 Å². The van der Waals surface area contributed by atoms with Gasteiger partial charge in [-0.2, -0.15) is 0 Å². The quantitative estimate of drug-likeness (QED) is 0.520. The van der Waals surface area contributed by atoms with Crippen molar-refractivity contribution in [1.29, 1.82) is 0 Å². The molecular weight excluding hydrogens is 296 g/mol. The van der Waals surface area contributed by atoms with Crippen LogP contribution in [0.1, 0.15) is 32.5 Å². The molecule has 0 bridgehead atoms. The summed E-state index contributed by atoms with van der Waals surface area (Å²) in [5.41, 5.74) is 5.09. The van der Waals surface area contributed by atoms with Gasteiger partial charge in [-0.05, 0) is 47.0 Å². The fraction of sp³-hybridized carbons (Fsp3) is 0.158. The molecule has 0 amide bonds. The van der Waals surface area contributed by atoms with Gasteiger partial charge >= 0.3 is 0 Å². The van der Waals surface area contributed by atoms with Crippen LogP contribution in [0.4, 0.5) is 0 Å². The molecule has 1 atom stereocenters. The molecule has 0 saturated heterocycles. The molecule has 0 aliphatic heterocycles. The lowest BCUT2D eigenvalue weighted by Gasteiger charge is -2.10. The maximum absolute atomic E-state index is 6.60. The normalized spacial score (nSPS) is 12.3. The summed E-state index contributed by atoms with van der Waals surface area (Å²) in [7, 11) is 0. The van der Waals surface area contributed by atoms with Crippen LogP contribution in [-0.2, 0) is 6.42 Å².